The Labute approximate surface area is 127 Å². The lowest BCUT2D eigenvalue weighted by molar-refractivity contribution is -0.928. The molecule has 1 saturated heterocycles. The average Bonchev–Trinajstić information content (AvgIpc) is 2.50. The summed E-state index contributed by atoms with van der Waals surface area (Å²) in [5, 5.41) is 3.09. The predicted octanol–water partition coefficient (Wildman–Crippen LogP) is 2.17. The monoisotopic (exact) mass is 287 g/mol. The van der Waals surface area contributed by atoms with Crippen LogP contribution < -0.4 is 10.2 Å². The fraction of sp³-hybridized carbons (Fsp3) is 0.611. The minimum Gasteiger partial charge on any atom is -0.324 e. The zero-order chi connectivity index (χ0) is 14.7. The number of benzene rings is 1. The largest absolute Gasteiger partial charge is 0.324 e. The number of rotatable bonds is 3. The lowest BCUT2D eigenvalue weighted by Gasteiger charge is -2.40. The second kappa shape index (κ2) is 6.61. The molecule has 3 heteroatoms. The third-order valence-corrected chi connectivity index (χ3v) is 5.31. The highest BCUT2D eigenvalue weighted by atomic mass is 16.2. The number of carbonyl (C=O) groups is 1. The maximum absolute atomic E-state index is 12.4. The molecule has 0 bridgehead atoms. The Morgan fingerprint density at radius 1 is 1.19 bits per heavy atom. The Morgan fingerprint density at radius 3 is 2.81 bits per heavy atom. The smallest absolute Gasteiger partial charge is 0.279 e. The molecular weight excluding hydrogens is 260 g/mol. The molecule has 1 saturated carbocycles. The van der Waals surface area contributed by atoms with Gasteiger partial charge in [0.1, 0.15) is 0 Å². The molecule has 1 heterocycles. The Kier molecular flexibility index (Phi) is 4.59. The van der Waals surface area contributed by atoms with Gasteiger partial charge in [-0.2, -0.15) is 0 Å². The number of hydrogen-bond acceptors (Lipinski definition) is 1. The summed E-state index contributed by atoms with van der Waals surface area (Å²) in [6.45, 7) is 3.85. The summed E-state index contributed by atoms with van der Waals surface area (Å²) in [6.07, 6.45) is 8.11. The minimum absolute atomic E-state index is 0.172. The van der Waals surface area contributed by atoms with Crippen LogP contribution in [0.25, 0.3) is 0 Å². The van der Waals surface area contributed by atoms with E-state index in [9.17, 15) is 4.79 Å². The maximum atomic E-state index is 12.4. The molecule has 2 fully saturated rings. The van der Waals surface area contributed by atoms with Crippen LogP contribution in [0.15, 0.2) is 24.3 Å². The minimum atomic E-state index is 0.172. The number of likely N-dealkylation sites (tertiary alicyclic amines) is 1. The van der Waals surface area contributed by atoms with Crippen molar-refractivity contribution in [1.82, 2.24) is 0 Å². The second-order valence-electron chi connectivity index (χ2n) is 6.74. The molecule has 1 aliphatic heterocycles. The highest BCUT2D eigenvalue weighted by Crippen LogP contribution is 2.28. The van der Waals surface area contributed by atoms with E-state index in [1.54, 1.807) is 0 Å². The van der Waals surface area contributed by atoms with Crippen molar-refractivity contribution in [3.05, 3.63) is 29.8 Å². The van der Waals surface area contributed by atoms with Crippen molar-refractivity contribution in [2.75, 3.05) is 18.4 Å². The molecule has 3 rings (SSSR count). The normalized spacial score (nSPS) is 28.7. The van der Waals surface area contributed by atoms with E-state index in [2.05, 4.69) is 5.32 Å². The van der Waals surface area contributed by atoms with Gasteiger partial charge in [-0.3, -0.25) is 4.79 Å². The number of hydrogen-bond donors (Lipinski definition) is 2. The first-order chi connectivity index (χ1) is 10.2. The van der Waals surface area contributed by atoms with Crippen molar-refractivity contribution in [2.45, 2.75) is 51.5 Å². The lowest BCUT2D eigenvalue weighted by atomic mass is 9.78. The molecule has 1 amide bonds. The average molecular weight is 287 g/mol. The molecular formula is C18H27N2O+. The van der Waals surface area contributed by atoms with Gasteiger partial charge in [-0.05, 0) is 50.7 Å². The van der Waals surface area contributed by atoms with Gasteiger partial charge in [0.25, 0.3) is 5.91 Å². The second-order valence-corrected chi connectivity index (χ2v) is 6.74. The summed E-state index contributed by atoms with van der Waals surface area (Å²) in [6, 6.07) is 8.75. The molecule has 1 aromatic carbocycles. The predicted molar refractivity (Wildman–Crippen MR) is 85.5 cm³/mol. The number of amides is 1. The van der Waals surface area contributed by atoms with Crippen LogP contribution in [0, 0.1) is 12.8 Å². The third kappa shape index (κ3) is 3.46. The van der Waals surface area contributed by atoms with E-state index < -0.39 is 0 Å². The van der Waals surface area contributed by atoms with Gasteiger partial charge in [-0.25, -0.2) is 0 Å². The number of quaternary nitrogens is 1. The van der Waals surface area contributed by atoms with Crippen LogP contribution in [-0.2, 0) is 4.79 Å². The van der Waals surface area contributed by atoms with Crippen LogP contribution in [0.4, 0.5) is 5.69 Å². The van der Waals surface area contributed by atoms with Gasteiger partial charge in [0.05, 0.1) is 12.6 Å². The summed E-state index contributed by atoms with van der Waals surface area (Å²) < 4.78 is 0. The summed E-state index contributed by atoms with van der Waals surface area (Å²) in [5.74, 6) is 1.04. The topological polar surface area (TPSA) is 33.5 Å². The van der Waals surface area contributed by atoms with E-state index in [1.807, 2.05) is 31.2 Å². The van der Waals surface area contributed by atoms with Gasteiger partial charge in [0.15, 0.2) is 6.54 Å². The van der Waals surface area contributed by atoms with Gasteiger partial charge in [-0.15, -0.1) is 0 Å². The van der Waals surface area contributed by atoms with Gasteiger partial charge in [-0.1, -0.05) is 24.6 Å². The van der Waals surface area contributed by atoms with Crippen LogP contribution in [0.2, 0.25) is 0 Å². The van der Waals surface area contributed by atoms with Crippen molar-refractivity contribution in [1.29, 1.82) is 0 Å². The van der Waals surface area contributed by atoms with Gasteiger partial charge in [0, 0.05) is 11.6 Å². The molecule has 1 unspecified atom stereocenters. The number of anilines is 1. The number of carbonyl (C=O) groups excluding carboxylic acids is 1. The van der Waals surface area contributed by atoms with E-state index >= 15 is 0 Å². The van der Waals surface area contributed by atoms with Crippen LogP contribution in [-0.4, -0.2) is 25.0 Å². The van der Waals surface area contributed by atoms with Crippen LogP contribution in [0.1, 0.15) is 44.1 Å². The third-order valence-electron chi connectivity index (χ3n) is 5.31. The molecule has 1 aromatic rings. The summed E-state index contributed by atoms with van der Waals surface area (Å²) in [4.78, 5) is 13.9. The standard InChI is InChI=1S/C18H26N2O/c1-14-7-2-4-10-16(14)19-18(21)13-20-12-6-9-15-8-3-5-11-17(15)20/h2,4,7,10,15,17H,3,5-6,8-9,11-13H2,1H3,(H,19,21)/p+1/t15-,17+/m1/s1. The van der Waals surface area contributed by atoms with Crippen molar-refractivity contribution < 1.29 is 9.69 Å². The fourth-order valence-electron chi connectivity index (χ4n) is 4.20. The number of fused-ring (bicyclic) bond motifs is 1. The van der Waals surface area contributed by atoms with Gasteiger partial charge >= 0.3 is 0 Å². The number of nitrogens with one attached hydrogen (secondary N) is 2. The number of aryl methyl sites for hydroxylation is 1. The van der Waals surface area contributed by atoms with Gasteiger partial charge < -0.3 is 10.2 Å². The van der Waals surface area contributed by atoms with E-state index in [4.69, 9.17) is 0 Å². The Bertz CT molecular complexity index is 498. The highest BCUT2D eigenvalue weighted by Gasteiger charge is 2.37. The van der Waals surface area contributed by atoms with E-state index in [1.165, 1.54) is 50.0 Å². The van der Waals surface area contributed by atoms with E-state index in [0.29, 0.717) is 6.54 Å². The highest BCUT2D eigenvalue weighted by molar-refractivity contribution is 5.92. The quantitative estimate of drug-likeness (QED) is 0.878. The Hall–Kier alpha value is -1.35. The molecule has 114 valence electrons. The van der Waals surface area contributed by atoms with Crippen molar-refractivity contribution >= 4 is 11.6 Å². The van der Waals surface area contributed by atoms with Crippen LogP contribution in [0.3, 0.4) is 0 Å². The first-order valence-electron chi connectivity index (χ1n) is 8.44. The maximum Gasteiger partial charge on any atom is 0.279 e. The van der Waals surface area contributed by atoms with Crippen LogP contribution >= 0.6 is 0 Å². The fourth-order valence-corrected chi connectivity index (χ4v) is 4.20. The van der Waals surface area contributed by atoms with Crippen LogP contribution in [0.5, 0.6) is 0 Å². The zero-order valence-electron chi connectivity index (χ0n) is 13.0. The molecule has 3 nitrogen and oxygen atoms in total. The SMILES string of the molecule is Cc1ccccc1NC(=O)C[NH+]1CCC[C@H]2CCCC[C@@H]21. The molecule has 0 aromatic heterocycles. The number of piperidine rings is 1. The first-order valence-corrected chi connectivity index (χ1v) is 8.44. The summed E-state index contributed by atoms with van der Waals surface area (Å²) >= 11 is 0. The van der Waals surface area contributed by atoms with E-state index in [-0.39, 0.29) is 5.91 Å². The molecule has 0 spiro atoms. The van der Waals surface area contributed by atoms with E-state index in [0.717, 1.165) is 23.2 Å². The summed E-state index contributed by atoms with van der Waals surface area (Å²) in [5.41, 5.74) is 2.09. The van der Waals surface area contributed by atoms with Crippen molar-refractivity contribution in [3.63, 3.8) is 0 Å². The first kappa shape index (κ1) is 14.6. The molecule has 21 heavy (non-hydrogen) atoms. The molecule has 3 atom stereocenters. The lowest BCUT2D eigenvalue weighted by Crippen LogP contribution is -3.18. The van der Waals surface area contributed by atoms with Crippen molar-refractivity contribution in [2.24, 2.45) is 5.92 Å². The Balaban J connectivity index is 1.60. The zero-order valence-corrected chi connectivity index (χ0v) is 13.0. The molecule has 2 aliphatic rings. The van der Waals surface area contributed by atoms with Crippen molar-refractivity contribution in [3.8, 4) is 0 Å². The summed E-state index contributed by atoms with van der Waals surface area (Å²) in [7, 11) is 0. The molecule has 2 N–H and O–H groups in total. The van der Waals surface area contributed by atoms with Gasteiger partial charge in [0.2, 0.25) is 0 Å². The Morgan fingerprint density at radius 2 is 1.95 bits per heavy atom. The molecule has 1 aliphatic carbocycles. The molecule has 0 radical (unpaired) electrons. The number of para-hydroxylation sites is 1.